The van der Waals surface area contributed by atoms with Crippen molar-refractivity contribution < 1.29 is 22.3 Å². The van der Waals surface area contributed by atoms with Crippen LogP contribution in [0.5, 0.6) is 0 Å². The maximum Gasteiger partial charge on any atom is 0.340 e. The summed E-state index contributed by atoms with van der Waals surface area (Å²) in [5.74, 6) is -1.47. The molecule has 0 heterocycles. The van der Waals surface area contributed by atoms with E-state index in [2.05, 4.69) is 0 Å². The number of halogens is 3. The number of sulfonamides is 1. The topological polar surface area (TPSA) is 86.5 Å². The normalized spacial score (nSPS) is 11.3. The first-order chi connectivity index (χ1) is 10.7. The van der Waals surface area contributed by atoms with Crippen molar-refractivity contribution in [2.75, 3.05) is 0 Å². The van der Waals surface area contributed by atoms with Crippen LogP contribution in [0.3, 0.4) is 0 Å². The van der Waals surface area contributed by atoms with Gasteiger partial charge in [0.15, 0.2) is 0 Å². The van der Waals surface area contributed by atoms with E-state index in [9.17, 15) is 17.6 Å². The molecule has 122 valence electrons. The lowest BCUT2D eigenvalue weighted by Gasteiger charge is -2.09. The van der Waals surface area contributed by atoms with Crippen molar-refractivity contribution in [1.82, 2.24) is 0 Å². The van der Waals surface area contributed by atoms with Crippen LogP contribution in [0.25, 0.3) is 0 Å². The SMILES string of the molecule is NS(=O)(=O)c1cc(C(=O)OCc2ccccc2F)c(Cl)cc1Cl. The molecule has 5 nitrogen and oxygen atoms in total. The fourth-order valence-electron chi connectivity index (χ4n) is 1.74. The molecule has 0 aliphatic carbocycles. The second kappa shape index (κ2) is 6.84. The van der Waals surface area contributed by atoms with Gasteiger partial charge in [0.1, 0.15) is 17.3 Å². The van der Waals surface area contributed by atoms with Crippen LogP contribution >= 0.6 is 23.2 Å². The summed E-state index contributed by atoms with van der Waals surface area (Å²) in [6.07, 6.45) is 0. The number of benzene rings is 2. The number of esters is 1. The summed E-state index contributed by atoms with van der Waals surface area (Å²) < 4.78 is 41.2. The molecule has 0 amide bonds. The monoisotopic (exact) mass is 377 g/mol. The fourth-order valence-corrected chi connectivity index (χ4v) is 3.14. The summed E-state index contributed by atoms with van der Waals surface area (Å²) >= 11 is 11.6. The summed E-state index contributed by atoms with van der Waals surface area (Å²) in [6.45, 7) is -0.338. The Bertz CT molecular complexity index is 871. The van der Waals surface area contributed by atoms with E-state index >= 15 is 0 Å². The number of primary sulfonamides is 1. The molecule has 0 aliphatic heterocycles. The molecule has 0 fully saturated rings. The van der Waals surface area contributed by atoms with Crippen molar-refractivity contribution in [2.24, 2.45) is 5.14 Å². The van der Waals surface area contributed by atoms with Gasteiger partial charge in [0.2, 0.25) is 10.0 Å². The Hall–Kier alpha value is -1.67. The molecule has 23 heavy (non-hydrogen) atoms. The average molecular weight is 378 g/mol. The van der Waals surface area contributed by atoms with E-state index in [0.717, 1.165) is 12.1 Å². The minimum atomic E-state index is -4.14. The van der Waals surface area contributed by atoms with Gasteiger partial charge in [0.25, 0.3) is 0 Å². The Balaban J connectivity index is 2.28. The molecule has 0 spiro atoms. The van der Waals surface area contributed by atoms with E-state index in [0.29, 0.717) is 0 Å². The van der Waals surface area contributed by atoms with Gasteiger partial charge < -0.3 is 4.74 Å². The van der Waals surface area contributed by atoms with Crippen molar-refractivity contribution in [2.45, 2.75) is 11.5 Å². The van der Waals surface area contributed by atoms with E-state index < -0.39 is 26.7 Å². The first kappa shape index (κ1) is 17.7. The van der Waals surface area contributed by atoms with E-state index in [-0.39, 0.29) is 27.8 Å². The quantitative estimate of drug-likeness (QED) is 0.829. The molecule has 2 aromatic rings. The van der Waals surface area contributed by atoms with E-state index in [1.165, 1.54) is 18.2 Å². The number of rotatable bonds is 4. The molecular formula is C14H10Cl2FNO4S. The molecule has 9 heteroatoms. The first-order valence-corrected chi connectivity index (χ1v) is 8.42. The smallest absolute Gasteiger partial charge is 0.340 e. The van der Waals surface area contributed by atoms with Crippen LogP contribution in [0, 0.1) is 5.82 Å². The van der Waals surface area contributed by atoms with Crippen molar-refractivity contribution >= 4 is 39.2 Å². The lowest BCUT2D eigenvalue weighted by molar-refractivity contribution is 0.0469. The molecule has 0 unspecified atom stereocenters. The highest BCUT2D eigenvalue weighted by molar-refractivity contribution is 7.89. The van der Waals surface area contributed by atoms with Crippen LogP contribution in [0.15, 0.2) is 41.3 Å². The van der Waals surface area contributed by atoms with Gasteiger partial charge in [-0.05, 0) is 18.2 Å². The summed E-state index contributed by atoms with van der Waals surface area (Å²) in [4.78, 5) is 11.6. The molecule has 0 saturated heterocycles. The average Bonchev–Trinajstić information content (AvgIpc) is 2.44. The Labute approximate surface area is 141 Å². The van der Waals surface area contributed by atoms with Gasteiger partial charge >= 0.3 is 5.97 Å². The third-order valence-electron chi connectivity index (χ3n) is 2.86. The summed E-state index contributed by atoms with van der Waals surface area (Å²) in [7, 11) is -4.14. The van der Waals surface area contributed by atoms with Crippen LogP contribution in [-0.4, -0.2) is 14.4 Å². The number of hydrogen-bond donors (Lipinski definition) is 1. The van der Waals surface area contributed by atoms with Gasteiger partial charge in [-0.3, -0.25) is 0 Å². The maximum absolute atomic E-state index is 13.5. The van der Waals surface area contributed by atoms with Crippen LogP contribution < -0.4 is 5.14 Å². The number of carbonyl (C=O) groups excluding carboxylic acids is 1. The largest absolute Gasteiger partial charge is 0.457 e. The lowest BCUT2D eigenvalue weighted by Crippen LogP contribution is -2.15. The molecule has 0 atom stereocenters. The third kappa shape index (κ3) is 4.20. The Morgan fingerprint density at radius 1 is 1.17 bits per heavy atom. The predicted molar refractivity (Wildman–Crippen MR) is 83.4 cm³/mol. The zero-order valence-corrected chi connectivity index (χ0v) is 13.8. The highest BCUT2D eigenvalue weighted by Crippen LogP contribution is 2.28. The minimum absolute atomic E-state index is 0.110. The molecule has 0 saturated carbocycles. The van der Waals surface area contributed by atoms with Gasteiger partial charge in [0, 0.05) is 5.56 Å². The number of hydrogen-bond acceptors (Lipinski definition) is 4. The number of ether oxygens (including phenoxy) is 1. The first-order valence-electron chi connectivity index (χ1n) is 6.12. The van der Waals surface area contributed by atoms with E-state index in [4.69, 9.17) is 33.1 Å². The molecular weight excluding hydrogens is 368 g/mol. The van der Waals surface area contributed by atoms with Crippen LogP contribution in [0.1, 0.15) is 15.9 Å². The molecule has 0 aromatic heterocycles. The Morgan fingerprint density at radius 3 is 2.43 bits per heavy atom. The lowest BCUT2D eigenvalue weighted by atomic mass is 10.2. The Morgan fingerprint density at radius 2 is 1.83 bits per heavy atom. The molecule has 2 aromatic carbocycles. The number of nitrogens with two attached hydrogens (primary N) is 1. The van der Waals surface area contributed by atoms with Crippen molar-refractivity contribution in [1.29, 1.82) is 0 Å². The summed E-state index contributed by atoms with van der Waals surface area (Å²) in [5, 5.41) is 4.68. The van der Waals surface area contributed by atoms with Crippen LogP contribution in [0.4, 0.5) is 4.39 Å². The summed E-state index contributed by atoms with van der Waals surface area (Å²) in [5.41, 5.74) is -0.0750. The van der Waals surface area contributed by atoms with Crippen molar-refractivity contribution in [3.05, 3.63) is 63.4 Å². The van der Waals surface area contributed by atoms with E-state index in [1.54, 1.807) is 6.07 Å². The zero-order valence-electron chi connectivity index (χ0n) is 11.4. The summed E-state index contributed by atoms with van der Waals surface area (Å²) in [6, 6.07) is 7.74. The van der Waals surface area contributed by atoms with Gasteiger partial charge in [0.05, 0.1) is 15.6 Å². The highest BCUT2D eigenvalue weighted by atomic mass is 35.5. The second-order valence-electron chi connectivity index (χ2n) is 4.48. The van der Waals surface area contributed by atoms with Crippen molar-refractivity contribution in [3.8, 4) is 0 Å². The number of carbonyl (C=O) groups is 1. The van der Waals surface area contributed by atoms with Gasteiger partial charge in [-0.2, -0.15) is 0 Å². The van der Waals surface area contributed by atoms with Gasteiger partial charge in [-0.15, -0.1) is 0 Å². The van der Waals surface area contributed by atoms with Crippen LogP contribution in [0.2, 0.25) is 10.0 Å². The molecule has 0 aliphatic rings. The predicted octanol–water partition coefficient (Wildman–Crippen LogP) is 3.14. The maximum atomic E-state index is 13.5. The van der Waals surface area contributed by atoms with Gasteiger partial charge in [-0.1, -0.05) is 41.4 Å². The third-order valence-corrected chi connectivity index (χ3v) is 4.55. The molecule has 2 N–H and O–H groups in total. The second-order valence-corrected chi connectivity index (χ2v) is 6.82. The van der Waals surface area contributed by atoms with Crippen LogP contribution in [-0.2, 0) is 21.4 Å². The van der Waals surface area contributed by atoms with Gasteiger partial charge in [-0.25, -0.2) is 22.7 Å². The molecule has 0 bridgehead atoms. The minimum Gasteiger partial charge on any atom is -0.457 e. The zero-order chi connectivity index (χ0) is 17.2. The molecule has 2 rings (SSSR count). The van der Waals surface area contributed by atoms with E-state index in [1.807, 2.05) is 0 Å². The standard InChI is InChI=1S/C14H10Cl2FNO4S/c15-10-6-11(16)13(23(18,20)21)5-9(10)14(19)22-7-8-3-1-2-4-12(8)17/h1-6H,7H2,(H2,18,20,21). The Kier molecular flexibility index (Phi) is 5.26. The molecule has 0 radical (unpaired) electrons. The van der Waals surface area contributed by atoms with Crippen molar-refractivity contribution in [3.63, 3.8) is 0 Å². The highest BCUT2D eigenvalue weighted by Gasteiger charge is 2.21. The fraction of sp³-hybridized carbons (Fsp3) is 0.0714.